The first kappa shape index (κ1) is 17.6. The Morgan fingerprint density at radius 2 is 2.17 bits per heavy atom. The standard InChI is InChI=1S/C17H23N3O2S/c1-13(10-22-11-14-5-3-2-4-6-14)9-19-17(21)15-12-23-16(20-15)7-8-18/h2-6,12-13H,7-11,18H2,1H3,(H,19,21). The summed E-state index contributed by atoms with van der Waals surface area (Å²) in [4.78, 5) is 16.3. The molecule has 124 valence electrons. The van der Waals surface area contributed by atoms with Crippen LogP contribution in [-0.4, -0.2) is 30.6 Å². The van der Waals surface area contributed by atoms with Crippen molar-refractivity contribution >= 4 is 17.2 Å². The Balaban J connectivity index is 1.66. The van der Waals surface area contributed by atoms with E-state index >= 15 is 0 Å². The molecular weight excluding hydrogens is 310 g/mol. The van der Waals surface area contributed by atoms with Gasteiger partial charge < -0.3 is 15.8 Å². The lowest BCUT2D eigenvalue weighted by molar-refractivity contribution is 0.0841. The molecule has 23 heavy (non-hydrogen) atoms. The third-order valence-corrected chi connectivity index (χ3v) is 4.18. The second-order valence-corrected chi connectivity index (χ2v) is 6.42. The van der Waals surface area contributed by atoms with Crippen LogP contribution < -0.4 is 11.1 Å². The lowest BCUT2D eigenvalue weighted by Crippen LogP contribution is -2.30. The van der Waals surface area contributed by atoms with Gasteiger partial charge in [0.05, 0.1) is 18.2 Å². The Labute approximate surface area is 140 Å². The Morgan fingerprint density at radius 3 is 2.91 bits per heavy atom. The summed E-state index contributed by atoms with van der Waals surface area (Å²) in [7, 11) is 0. The average Bonchev–Trinajstić information content (AvgIpc) is 3.03. The molecular formula is C17H23N3O2S. The maximum absolute atomic E-state index is 12.0. The van der Waals surface area contributed by atoms with E-state index in [1.54, 1.807) is 5.38 Å². The Kier molecular flexibility index (Phi) is 7.19. The first-order chi connectivity index (χ1) is 11.2. The largest absolute Gasteiger partial charge is 0.376 e. The third-order valence-electron chi connectivity index (χ3n) is 3.27. The Bertz CT molecular complexity index is 601. The van der Waals surface area contributed by atoms with E-state index in [-0.39, 0.29) is 11.8 Å². The number of ether oxygens (including phenoxy) is 1. The van der Waals surface area contributed by atoms with Crippen LogP contribution in [0.5, 0.6) is 0 Å². The molecule has 1 aromatic heterocycles. The minimum Gasteiger partial charge on any atom is -0.376 e. The third kappa shape index (κ3) is 6.09. The van der Waals surface area contributed by atoms with Crippen LogP contribution in [0.2, 0.25) is 0 Å². The molecule has 0 saturated carbocycles. The number of nitrogens with two attached hydrogens (primary N) is 1. The number of rotatable bonds is 9. The van der Waals surface area contributed by atoms with Crippen LogP contribution in [0.1, 0.15) is 28.0 Å². The fourth-order valence-electron chi connectivity index (χ4n) is 2.02. The molecule has 1 atom stereocenters. The summed E-state index contributed by atoms with van der Waals surface area (Å²) in [6.45, 7) is 4.35. The number of carbonyl (C=O) groups excluding carboxylic acids is 1. The molecule has 0 aliphatic heterocycles. The lowest BCUT2D eigenvalue weighted by atomic mass is 10.2. The van der Waals surface area contributed by atoms with Gasteiger partial charge in [-0.3, -0.25) is 4.79 Å². The normalized spacial score (nSPS) is 12.1. The van der Waals surface area contributed by atoms with E-state index < -0.39 is 0 Å². The van der Waals surface area contributed by atoms with E-state index in [2.05, 4.69) is 10.3 Å². The van der Waals surface area contributed by atoms with Gasteiger partial charge in [0.2, 0.25) is 0 Å². The summed E-state index contributed by atoms with van der Waals surface area (Å²) >= 11 is 1.47. The zero-order valence-corrected chi connectivity index (χ0v) is 14.1. The number of benzene rings is 1. The highest BCUT2D eigenvalue weighted by atomic mass is 32.1. The van der Waals surface area contributed by atoms with E-state index in [0.717, 1.165) is 10.6 Å². The molecule has 2 rings (SSSR count). The minimum atomic E-state index is -0.139. The van der Waals surface area contributed by atoms with Crippen molar-refractivity contribution in [2.75, 3.05) is 19.7 Å². The molecule has 1 amide bonds. The van der Waals surface area contributed by atoms with Crippen LogP contribution in [0.25, 0.3) is 0 Å². The summed E-state index contributed by atoms with van der Waals surface area (Å²) in [6, 6.07) is 10.0. The van der Waals surface area contributed by atoms with Crippen molar-refractivity contribution in [3.05, 3.63) is 52.0 Å². The monoisotopic (exact) mass is 333 g/mol. The summed E-state index contributed by atoms with van der Waals surface area (Å²) in [6.07, 6.45) is 0.710. The van der Waals surface area contributed by atoms with E-state index in [0.29, 0.717) is 38.4 Å². The van der Waals surface area contributed by atoms with Crippen LogP contribution in [0, 0.1) is 5.92 Å². The summed E-state index contributed by atoms with van der Waals surface area (Å²) in [5.41, 5.74) is 7.10. The Morgan fingerprint density at radius 1 is 1.39 bits per heavy atom. The highest BCUT2D eigenvalue weighted by molar-refractivity contribution is 7.09. The zero-order chi connectivity index (χ0) is 16.5. The number of carbonyl (C=O) groups is 1. The van der Waals surface area contributed by atoms with Gasteiger partial charge in [0.25, 0.3) is 5.91 Å². The predicted octanol–water partition coefficient (Wildman–Crippen LogP) is 2.23. The van der Waals surface area contributed by atoms with Crippen LogP contribution in [-0.2, 0) is 17.8 Å². The van der Waals surface area contributed by atoms with Crippen molar-refractivity contribution in [3.8, 4) is 0 Å². The fraction of sp³-hybridized carbons (Fsp3) is 0.412. The van der Waals surface area contributed by atoms with Crippen LogP contribution in [0.15, 0.2) is 35.7 Å². The Hall–Kier alpha value is -1.76. The van der Waals surface area contributed by atoms with E-state index in [1.165, 1.54) is 11.3 Å². The lowest BCUT2D eigenvalue weighted by Gasteiger charge is -2.12. The summed E-state index contributed by atoms with van der Waals surface area (Å²) in [5.74, 6) is 0.101. The topological polar surface area (TPSA) is 77.2 Å². The molecule has 1 unspecified atom stereocenters. The van der Waals surface area contributed by atoms with Crippen LogP contribution in [0.4, 0.5) is 0 Å². The van der Waals surface area contributed by atoms with Crippen molar-refractivity contribution in [2.45, 2.75) is 20.0 Å². The van der Waals surface area contributed by atoms with Crippen LogP contribution >= 0.6 is 11.3 Å². The molecule has 1 heterocycles. The van der Waals surface area contributed by atoms with Crippen LogP contribution in [0.3, 0.4) is 0 Å². The van der Waals surface area contributed by atoms with Crippen molar-refractivity contribution in [1.82, 2.24) is 10.3 Å². The maximum atomic E-state index is 12.0. The molecule has 0 radical (unpaired) electrons. The van der Waals surface area contributed by atoms with Gasteiger partial charge in [-0.25, -0.2) is 4.98 Å². The summed E-state index contributed by atoms with van der Waals surface area (Å²) < 4.78 is 5.68. The van der Waals surface area contributed by atoms with Gasteiger partial charge in [0.15, 0.2) is 0 Å². The van der Waals surface area contributed by atoms with Gasteiger partial charge in [-0.15, -0.1) is 11.3 Å². The number of thiazole rings is 1. The molecule has 0 aliphatic carbocycles. The molecule has 0 fully saturated rings. The van der Waals surface area contributed by atoms with Crippen molar-refractivity contribution < 1.29 is 9.53 Å². The molecule has 2 aromatic rings. The molecule has 1 aromatic carbocycles. The van der Waals surface area contributed by atoms with Crippen molar-refractivity contribution in [3.63, 3.8) is 0 Å². The number of hydrogen-bond acceptors (Lipinski definition) is 5. The van der Waals surface area contributed by atoms with Gasteiger partial charge in [0.1, 0.15) is 5.69 Å². The smallest absolute Gasteiger partial charge is 0.270 e. The van der Waals surface area contributed by atoms with Gasteiger partial charge in [0, 0.05) is 18.3 Å². The van der Waals surface area contributed by atoms with Gasteiger partial charge in [-0.1, -0.05) is 37.3 Å². The van der Waals surface area contributed by atoms with Crippen molar-refractivity contribution in [2.24, 2.45) is 11.7 Å². The SMILES string of the molecule is CC(CNC(=O)c1csc(CCN)n1)COCc1ccccc1. The molecule has 0 aliphatic rings. The van der Waals surface area contributed by atoms with E-state index in [1.807, 2.05) is 37.3 Å². The first-order valence-electron chi connectivity index (χ1n) is 7.73. The highest BCUT2D eigenvalue weighted by Crippen LogP contribution is 2.10. The molecule has 0 saturated heterocycles. The van der Waals surface area contributed by atoms with E-state index in [4.69, 9.17) is 10.5 Å². The predicted molar refractivity (Wildman–Crippen MR) is 92.5 cm³/mol. The molecule has 0 spiro atoms. The molecule has 5 nitrogen and oxygen atoms in total. The quantitative estimate of drug-likeness (QED) is 0.738. The second-order valence-electron chi connectivity index (χ2n) is 5.48. The summed E-state index contributed by atoms with van der Waals surface area (Å²) in [5, 5.41) is 5.57. The average molecular weight is 333 g/mol. The van der Waals surface area contributed by atoms with Gasteiger partial charge in [-0.2, -0.15) is 0 Å². The number of nitrogens with one attached hydrogen (secondary N) is 1. The number of amides is 1. The van der Waals surface area contributed by atoms with Gasteiger partial charge in [-0.05, 0) is 18.0 Å². The number of hydrogen-bond donors (Lipinski definition) is 2. The molecule has 0 bridgehead atoms. The number of aromatic nitrogens is 1. The maximum Gasteiger partial charge on any atom is 0.270 e. The van der Waals surface area contributed by atoms with E-state index in [9.17, 15) is 4.79 Å². The molecule has 6 heteroatoms. The molecule has 3 N–H and O–H groups in total. The van der Waals surface area contributed by atoms with Crippen molar-refractivity contribution in [1.29, 1.82) is 0 Å². The zero-order valence-electron chi connectivity index (χ0n) is 13.3. The second kappa shape index (κ2) is 9.39. The number of nitrogens with zero attached hydrogens (tertiary/aromatic N) is 1. The highest BCUT2D eigenvalue weighted by Gasteiger charge is 2.11. The first-order valence-corrected chi connectivity index (χ1v) is 8.61. The fourth-order valence-corrected chi connectivity index (χ4v) is 2.82. The minimum absolute atomic E-state index is 0.139. The van der Waals surface area contributed by atoms with Gasteiger partial charge >= 0.3 is 0 Å².